The number of para-hydroxylation sites is 2. The van der Waals surface area contributed by atoms with E-state index in [-0.39, 0.29) is 0 Å². The monoisotopic (exact) mass is 223 g/mol. The standard InChI is InChI=1S/C12H17NO3/c1-3-8-15-10-6-4-5-7-11(10)16-9(2)12(13)14/h4-7,9H,3,8H2,1-2H3,(H2,13,14). The van der Waals surface area contributed by atoms with Crippen molar-refractivity contribution < 1.29 is 14.3 Å². The third-order valence-corrected chi connectivity index (χ3v) is 2.02. The van der Waals surface area contributed by atoms with Crippen LogP contribution in [-0.4, -0.2) is 18.6 Å². The Bertz CT molecular complexity index is 352. The lowest BCUT2D eigenvalue weighted by Crippen LogP contribution is -2.30. The SMILES string of the molecule is CCCOc1ccccc1OC(C)C(N)=O. The van der Waals surface area contributed by atoms with Gasteiger partial charge < -0.3 is 15.2 Å². The molecule has 1 amide bonds. The summed E-state index contributed by atoms with van der Waals surface area (Å²) < 4.78 is 10.9. The summed E-state index contributed by atoms with van der Waals surface area (Å²) in [6.07, 6.45) is 0.256. The lowest BCUT2D eigenvalue weighted by atomic mass is 10.3. The molecule has 2 N–H and O–H groups in total. The van der Waals surface area contributed by atoms with Crippen LogP contribution in [0.5, 0.6) is 11.5 Å². The zero-order valence-electron chi connectivity index (χ0n) is 9.60. The number of ether oxygens (including phenoxy) is 2. The van der Waals surface area contributed by atoms with Gasteiger partial charge in [-0.05, 0) is 25.5 Å². The lowest BCUT2D eigenvalue weighted by molar-refractivity contribution is -0.124. The first-order valence-electron chi connectivity index (χ1n) is 5.33. The highest BCUT2D eigenvalue weighted by molar-refractivity contribution is 5.78. The Labute approximate surface area is 95.3 Å². The maximum absolute atomic E-state index is 10.9. The molecule has 0 radical (unpaired) electrons. The summed E-state index contributed by atoms with van der Waals surface area (Å²) in [6, 6.07) is 7.23. The van der Waals surface area contributed by atoms with Gasteiger partial charge in [-0.2, -0.15) is 0 Å². The van der Waals surface area contributed by atoms with Gasteiger partial charge in [-0.15, -0.1) is 0 Å². The van der Waals surface area contributed by atoms with Crippen molar-refractivity contribution in [2.24, 2.45) is 5.73 Å². The molecule has 0 aliphatic rings. The van der Waals surface area contributed by atoms with E-state index in [2.05, 4.69) is 0 Å². The van der Waals surface area contributed by atoms with Crippen LogP contribution in [0.25, 0.3) is 0 Å². The maximum atomic E-state index is 10.9. The van der Waals surface area contributed by atoms with E-state index in [1.165, 1.54) is 0 Å². The van der Waals surface area contributed by atoms with Gasteiger partial charge in [-0.1, -0.05) is 19.1 Å². The van der Waals surface area contributed by atoms with Gasteiger partial charge in [0.2, 0.25) is 0 Å². The third kappa shape index (κ3) is 3.46. The minimum Gasteiger partial charge on any atom is -0.490 e. The molecule has 1 atom stereocenters. The van der Waals surface area contributed by atoms with Crippen LogP contribution in [0, 0.1) is 0 Å². The predicted molar refractivity (Wildman–Crippen MR) is 61.5 cm³/mol. The molecule has 0 aliphatic heterocycles. The molecule has 16 heavy (non-hydrogen) atoms. The van der Waals surface area contributed by atoms with Gasteiger partial charge in [0.15, 0.2) is 17.6 Å². The average molecular weight is 223 g/mol. The summed E-state index contributed by atoms with van der Waals surface area (Å²) in [5.74, 6) is 0.685. The molecule has 0 aliphatic carbocycles. The topological polar surface area (TPSA) is 61.6 Å². The van der Waals surface area contributed by atoms with E-state index in [0.29, 0.717) is 18.1 Å². The summed E-state index contributed by atoms with van der Waals surface area (Å²) in [5.41, 5.74) is 5.13. The van der Waals surface area contributed by atoms with Crippen LogP contribution in [0.15, 0.2) is 24.3 Å². The number of hydrogen-bond acceptors (Lipinski definition) is 3. The Balaban J connectivity index is 2.74. The Kier molecular flexibility index (Phi) is 4.64. The Morgan fingerprint density at radius 3 is 2.56 bits per heavy atom. The van der Waals surface area contributed by atoms with Gasteiger partial charge in [0.05, 0.1) is 6.61 Å². The largest absolute Gasteiger partial charge is 0.490 e. The molecule has 1 aromatic rings. The van der Waals surface area contributed by atoms with E-state index in [9.17, 15) is 4.79 Å². The van der Waals surface area contributed by atoms with Crippen molar-refractivity contribution >= 4 is 5.91 Å². The van der Waals surface area contributed by atoms with Gasteiger partial charge in [-0.3, -0.25) is 4.79 Å². The predicted octanol–water partition coefficient (Wildman–Crippen LogP) is 1.73. The van der Waals surface area contributed by atoms with Crippen LogP contribution in [0.2, 0.25) is 0 Å². The van der Waals surface area contributed by atoms with Crippen LogP contribution in [0.1, 0.15) is 20.3 Å². The van der Waals surface area contributed by atoms with E-state index >= 15 is 0 Å². The molecule has 1 rings (SSSR count). The molecule has 0 aromatic heterocycles. The fourth-order valence-corrected chi connectivity index (χ4v) is 1.13. The first kappa shape index (κ1) is 12.4. The van der Waals surface area contributed by atoms with Gasteiger partial charge in [0.25, 0.3) is 5.91 Å². The molecule has 0 bridgehead atoms. The maximum Gasteiger partial charge on any atom is 0.258 e. The fourth-order valence-electron chi connectivity index (χ4n) is 1.13. The second-order valence-corrected chi connectivity index (χ2v) is 3.46. The van der Waals surface area contributed by atoms with Crippen LogP contribution in [0.4, 0.5) is 0 Å². The molecular formula is C12H17NO3. The molecule has 0 heterocycles. The van der Waals surface area contributed by atoms with Crippen LogP contribution in [0.3, 0.4) is 0 Å². The Morgan fingerprint density at radius 2 is 2.00 bits per heavy atom. The number of nitrogens with two attached hydrogens (primary N) is 1. The van der Waals surface area contributed by atoms with Crippen molar-refractivity contribution in [1.29, 1.82) is 0 Å². The summed E-state index contributed by atoms with van der Waals surface area (Å²) >= 11 is 0. The summed E-state index contributed by atoms with van der Waals surface area (Å²) in [5, 5.41) is 0. The molecular weight excluding hydrogens is 206 g/mol. The zero-order chi connectivity index (χ0) is 12.0. The normalized spacial score (nSPS) is 11.9. The molecule has 0 spiro atoms. The molecule has 0 fully saturated rings. The first-order chi connectivity index (χ1) is 7.65. The summed E-state index contributed by atoms with van der Waals surface area (Å²) in [4.78, 5) is 10.9. The number of benzene rings is 1. The minimum absolute atomic E-state index is 0.495. The van der Waals surface area contributed by atoms with Crippen molar-refractivity contribution in [3.8, 4) is 11.5 Å². The number of carbonyl (C=O) groups excluding carboxylic acids is 1. The third-order valence-electron chi connectivity index (χ3n) is 2.02. The van der Waals surface area contributed by atoms with Gasteiger partial charge in [0.1, 0.15) is 0 Å². The highest BCUT2D eigenvalue weighted by Gasteiger charge is 2.13. The lowest BCUT2D eigenvalue weighted by Gasteiger charge is -2.15. The highest BCUT2D eigenvalue weighted by Crippen LogP contribution is 2.27. The van der Waals surface area contributed by atoms with Crippen molar-refractivity contribution in [2.45, 2.75) is 26.4 Å². The van der Waals surface area contributed by atoms with Crippen molar-refractivity contribution in [2.75, 3.05) is 6.61 Å². The molecule has 0 saturated carbocycles. The Morgan fingerprint density at radius 1 is 1.38 bits per heavy atom. The number of primary amides is 1. The van der Waals surface area contributed by atoms with Crippen LogP contribution >= 0.6 is 0 Å². The summed E-state index contributed by atoms with van der Waals surface area (Å²) in [7, 11) is 0. The van der Waals surface area contributed by atoms with E-state index in [1.807, 2.05) is 19.1 Å². The fraction of sp³-hybridized carbons (Fsp3) is 0.417. The van der Waals surface area contributed by atoms with E-state index in [4.69, 9.17) is 15.2 Å². The van der Waals surface area contributed by atoms with Crippen LogP contribution < -0.4 is 15.2 Å². The molecule has 1 aromatic carbocycles. The smallest absolute Gasteiger partial charge is 0.258 e. The summed E-state index contributed by atoms with van der Waals surface area (Å²) in [6.45, 7) is 4.25. The average Bonchev–Trinajstić information content (AvgIpc) is 2.27. The molecule has 4 heteroatoms. The number of rotatable bonds is 6. The zero-order valence-corrected chi connectivity index (χ0v) is 9.60. The first-order valence-corrected chi connectivity index (χ1v) is 5.33. The Hall–Kier alpha value is -1.71. The van der Waals surface area contributed by atoms with Crippen molar-refractivity contribution in [3.05, 3.63) is 24.3 Å². The van der Waals surface area contributed by atoms with Gasteiger partial charge >= 0.3 is 0 Å². The molecule has 1 unspecified atom stereocenters. The van der Waals surface area contributed by atoms with E-state index < -0.39 is 12.0 Å². The van der Waals surface area contributed by atoms with Crippen molar-refractivity contribution in [3.63, 3.8) is 0 Å². The highest BCUT2D eigenvalue weighted by atomic mass is 16.5. The van der Waals surface area contributed by atoms with E-state index in [1.54, 1.807) is 19.1 Å². The van der Waals surface area contributed by atoms with Crippen LogP contribution in [-0.2, 0) is 4.79 Å². The minimum atomic E-state index is -0.661. The number of hydrogen-bond donors (Lipinski definition) is 1. The number of carbonyl (C=O) groups is 1. The molecule has 88 valence electrons. The van der Waals surface area contributed by atoms with Crippen molar-refractivity contribution in [1.82, 2.24) is 0 Å². The van der Waals surface area contributed by atoms with E-state index in [0.717, 1.165) is 6.42 Å². The molecule has 4 nitrogen and oxygen atoms in total. The quantitative estimate of drug-likeness (QED) is 0.798. The number of amides is 1. The van der Waals surface area contributed by atoms with Gasteiger partial charge in [-0.25, -0.2) is 0 Å². The molecule has 0 saturated heterocycles. The van der Waals surface area contributed by atoms with Gasteiger partial charge in [0, 0.05) is 0 Å². The second-order valence-electron chi connectivity index (χ2n) is 3.46. The second kappa shape index (κ2) is 6.00.